The first-order valence-electron chi connectivity index (χ1n) is 9.52. The maximum absolute atomic E-state index is 12.7. The fourth-order valence-corrected chi connectivity index (χ4v) is 3.40. The Bertz CT molecular complexity index is 852. The van der Waals surface area contributed by atoms with Crippen LogP contribution in [0.2, 0.25) is 0 Å². The van der Waals surface area contributed by atoms with E-state index < -0.39 is 0 Å². The number of nitrogens with zero attached hydrogens (tertiary/aromatic N) is 1. The molecule has 2 amide bonds. The van der Waals surface area contributed by atoms with Gasteiger partial charge >= 0.3 is 0 Å². The molecule has 1 saturated heterocycles. The van der Waals surface area contributed by atoms with Crippen LogP contribution in [0.25, 0.3) is 10.8 Å². The largest absolute Gasteiger partial charge is 0.348 e. The molecule has 1 heterocycles. The number of hydrogen-bond acceptors (Lipinski definition) is 3. The number of carbonyl (C=O) groups is 2. The van der Waals surface area contributed by atoms with Gasteiger partial charge in [0, 0.05) is 12.5 Å². The van der Waals surface area contributed by atoms with Crippen LogP contribution in [-0.2, 0) is 9.59 Å². The summed E-state index contributed by atoms with van der Waals surface area (Å²) in [4.78, 5) is 24.9. The number of hydrazine groups is 1. The van der Waals surface area contributed by atoms with Gasteiger partial charge in [-0.25, -0.2) is 5.43 Å². The lowest BCUT2D eigenvalue weighted by atomic mass is 9.92. The lowest BCUT2D eigenvalue weighted by molar-refractivity contribution is -0.142. The molecule has 3 rings (SSSR count). The van der Waals surface area contributed by atoms with Crippen LogP contribution in [-0.4, -0.2) is 37.3 Å². The molecule has 27 heavy (non-hydrogen) atoms. The number of fused-ring (bicyclic) bond motifs is 1. The van der Waals surface area contributed by atoms with Crippen molar-refractivity contribution < 1.29 is 9.59 Å². The van der Waals surface area contributed by atoms with Crippen LogP contribution in [0.3, 0.4) is 0 Å². The number of nitrogens with one attached hydrogen (secondary N) is 2. The lowest BCUT2D eigenvalue weighted by Gasteiger charge is -2.34. The van der Waals surface area contributed by atoms with E-state index in [-0.39, 0.29) is 29.8 Å². The van der Waals surface area contributed by atoms with Gasteiger partial charge < -0.3 is 5.32 Å². The van der Waals surface area contributed by atoms with Crippen LogP contribution in [0, 0.1) is 5.92 Å². The van der Waals surface area contributed by atoms with Crippen molar-refractivity contribution >= 4 is 35.9 Å². The van der Waals surface area contributed by atoms with Gasteiger partial charge in [-0.1, -0.05) is 49.6 Å². The first-order chi connectivity index (χ1) is 12.8. The third-order valence-corrected chi connectivity index (χ3v) is 5.01. The van der Waals surface area contributed by atoms with Gasteiger partial charge in [-0.05, 0) is 42.2 Å². The van der Waals surface area contributed by atoms with Crippen LogP contribution < -0.4 is 16.2 Å². The number of benzene rings is 2. The van der Waals surface area contributed by atoms with E-state index in [4.69, 9.17) is 7.85 Å². The van der Waals surface area contributed by atoms with E-state index in [1.54, 1.807) is 5.01 Å². The lowest BCUT2D eigenvalue weighted by Crippen LogP contribution is -2.58. The highest BCUT2D eigenvalue weighted by Crippen LogP contribution is 2.20. The van der Waals surface area contributed by atoms with Crippen LogP contribution >= 0.6 is 0 Å². The zero-order valence-corrected chi connectivity index (χ0v) is 16.2. The minimum atomic E-state index is -0.389. The van der Waals surface area contributed by atoms with Crippen molar-refractivity contribution in [3.8, 4) is 0 Å². The molecule has 2 N–H and O–H groups in total. The van der Waals surface area contributed by atoms with Crippen LogP contribution in [0.5, 0.6) is 0 Å². The number of amides is 2. The van der Waals surface area contributed by atoms with Crippen molar-refractivity contribution in [2.24, 2.45) is 5.92 Å². The van der Waals surface area contributed by atoms with E-state index in [0.717, 1.165) is 28.2 Å². The summed E-state index contributed by atoms with van der Waals surface area (Å²) in [6, 6.07) is 11.4. The van der Waals surface area contributed by atoms with Crippen molar-refractivity contribution in [3.05, 3.63) is 42.0 Å². The molecule has 0 aromatic heterocycles. The molecule has 6 heteroatoms. The van der Waals surface area contributed by atoms with E-state index in [1.165, 1.54) is 0 Å². The molecule has 5 nitrogen and oxygen atoms in total. The summed E-state index contributed by atoms with van der Waals surface area (Å²) in [5.41, 5.74) is 4.82. The maximum atomic E-state index is 12.7. The average Bonchev–Trinajstić information content (AvgIpc) is 2.66. The molecular formula is C21H26BN3O2. The Morgan fingerprint density at radius 1 is 1.15 bits per heavy atom. The molecule has 0 bridgehead atoms. The Morgan fingerprint density at radius 2 is 1.89 bits per heavy atom. The van der Waals surface area contributed by atoms with Gasteiger partial charge in [0.2, 0.25) is 11.8 Å². The molecule has 2 atom stereocenters. The average molecular weight is 363 g/mol. The molecule has 2 aromatic carbocycles. The molecule has 0 spiro atoms. The third kappa shape index (κ3) is 4.50. The van der Waals surface area contributed by atoms with Gasteiger partial charge in [-0.2, -0.15) is 0 Å². The molecule has 0 unspecified atom stereocenters. The van der Waals surface area contributed by atoms with Gasteiger partial charge in [-0.15, -0.1) is 0 Å². The van der Waals surface area contributed by atoms with E-state index in [9.17, 15) is 9.59 Å². The number of carbonyl (C=O) groups excluding carboxylic acids is 2. The Labute approximate surface area is 161 Å². The number of hydrogen-bond donors (Lipinski definition) is 2. The Kier molecular flexibility index (Phi) is 5.85. The maximum Gasteiger partial charge on any atom is 0.239 e. The summed E-state index contributed by atoms with van der Waals surface area (Å²) in [6.45, 7) is 6.33. The summed E-state index contributed by atoms with van der Waals surface area (Å²) in [5, 5.41) is 6.82. The fourth-order valence-electron chi connectivity index (χ4n) is 3.40. The van der Waals surface area contributed by atoms with Crippen molar-refractivity contribution in [1.82, 2.24) is 15.8 Å². The highest BCUT2D eigenvalue weighted by molar-refractivity contribution is 6.33. The van der Waals surface area contributed by atoms with E-state index in [1.807, 2.05) is 51.1 Å². The molecule has 140 valence electrons. The molecule has 1 aliphatic rings. The van der Waals surface area contributed by atoms with Crippen LogP contribution in [0.15, 0.2) is 36.4 Å². The second kappa shape index (κ2) is 8.13. The zero-order chi connectivity index (χ0) is 19.6. The fraction of sp³-hybridized carbons (Fsp3) is 0.429. The van der Waals surface area contributed by atoms with Crippen molar-refractivity contribution in [1.29, 1.82) is 0 Å². The van der Waals surface area contributed by atoms with Crippen LogP contribution in [0.1, 0.15) is 45.2 Å². The minimum absolute atomic E-state index is 0.0210. The third-order valence-electron chi connectivity index (χ3n) is 5.01. The topological polar surface area (TPSA) is 61.4 Å². The standard InChI is InChI=1S/C21H26BN3O2/c1-13(2)21(27)25-10-4-5-19(24-25)20(26)23-14(3)16-7-6-15-8-9-18(22)12-17(15)11-16/h6-9,11-14,19,24H,4-5,10H2,1-3H3,(H,23,26)/t14-,19+/m1/s1. The van der Waals surface area contributed by atoms with Gasteiger partial charge in [-0.3, -0.25) is 14.6 Å². The summed E-state index contributed by atoms with van der Waals surface area (Å²) in [7, 11) is 5.88. The van der Waals surface area contributed by atoms with Gasteiger partial charge in [0.05, 0.1) is 6.04 Å². The molecule has 1 fully saturated rings. The Balaban J connectivity index is 1.67. The first kappa shape index (κ1) is 19.4. The Hall–Kier alpha value is -2.34. The number of rotatable bonds is 4. The van der Waals surface area contributed by atoms with Crippen molar-refractivity contribution in [2.75, 3.05) is 6.54 Å². The summed E-state index contributed by atoms with van der Waals surface area (Å²) in [6.07, 6.45) is 1.53. The first-order valence-corrected chi connectivity index (χ1v) is 9.52. The monoisotopic (exact) mass is 363 g/mol. The Morgan fingerprint density at radius 3 is 2.63 bits per heavy atom. The van der Waals surface area contributed by atoms with Crippen LogP contribution in [0.4, 0.5) is 0 Å². The SMILES string of the molecule is [B]c1ccc2ccc([C@@H](C)NC(=O)[C@@H]3CCCN(C(=O)C(C)C)N3)cc2c1. The van der Waals surface area contributed by atoms with Gasteiger partial charge in [0.1, 0.15) is 13.9 Å². The van der Waals surface area contributed by atoms with Gasteiger partial charge in [0.15, 0.2) is 0 Å². The summed E-state index contributed by atoms with van der Waals surface area (Å²) in [5.74, 6) is -0.160. The molecule has 0 saturated carbocycles. The highest BCUT2D eigenvalue weighted by Gasteiger charge is 2.29. The van der Waals surface area contributed by atoms with Gasteiger partial charge in [0.25, 0.3) is 0 Å². The highest BCUT2D eigenvalue weighted by atomic mass is 16.2. The predicted molar refractivity (Wildman–Crippen MR) is 109 cm³/mol. The zero-order valence-electron chi connectivity index (χ0n) is 16.2. The second-order valence-corrected chi connectivity index (χ2v) is 7.56. The van der Waals surface area contributed by atoms with E-state index in [2.05, 4.69) is 16.8 Å². The summed E-state index contributed by atoms with van der Waals surface area (Å²) < 4.78 is 0. The molecular weight excluding hydrogens is 337 g/mol. The molecule has 2 aromatic rings. The normalized spacial score (nSPS) is 18.5. The quantitative estimate of drug-likeness (QED) is 0.817. The smallest absolute Gasteiger partial charge is 0.239 e. The second-order valence-electron chi connectivity index (χ2n) is 7.56. The molecule has 1 aliphatic heterocycles. The van der Waals surface area contributed by atoms with E-state index in [0.29, 0.717) is 13.0 Å². The van der Waals surface area contributed by atoms with Crippen molar-refractivity contribution in [3.63, 3.8) is 0 Å². The van der Waals surface area contributed by atoms with E-state index >= 15 is 0 Å². The molecule has 2 radical (unpaired) electrons. The summed E-state index contributed by atoms with van der Waals surface area (Å²) >= 11 is 0. The minimum Gasteiger partial charge on any atom is -0.348 e. The predicted octanol–water partition coefficient (Wildman–Crippen LogP) is 1.96. The molecule has 0 aliphatic carbocycles. The van der Waals surface area contributed by atoms with Crippen molar-refractivity contribution in [2.45, 2.75) is 45.7 Å².